The van der Waals surface area contributed by atoms with Crippen LogP contribution in [-0.4, -0.2) is 17.1 Å². The van der Waals surface area contributed by atoms with Crippen molar-refractivity contribution in [3.05, 3.63) is 35.4 Å². The fourth-order valence-corrected chi connectivity index (χ4v) is 1.30. The van der Waals surface area contributed by atoms with Crippen LogP contribution in [0.2, 0.25) is 0 Å². The second-order valence-corrected chi connectivity index (χ2v) is 3.21. The van der Waals surface area contributed by atoms with Crippen LogP contribution >= 0.6 is 0 Å². The Kier molecular flexibility index (Phi) is 3.59. The molecule has 1 rings (SSSR count). The summed E-state index contributed by atoms with van der Waals surface area (Å²) in [6.45, 7) is 0. The van der Waals surface area contributed by atoms with Crippen molar-refractivity contribution in [3.63, 3.8) is 0 Å². The smallest absolute Gasteiger partial charge is 0.322 e. The van der Waals surface area contributed by atoms with E-state index in [1.807, 2.05) is 0 Å². The molecule has 3 nitrogen and oxygen atoms in total. The lowest BCUT2D eigenvalue weighted by Gasteiger charge is -2.15. The van der Waals surface area contributed by atoms with E-state index in [0.29, 0.717) is 6.07 Å². The summed E-state index contributed by atoms with van der Waals surface area (Å²) in [6.07, 6.45) is 5.11. The minimum atomic E-state index is -1.40. The van der Waals surface area contributed by atoms with Gasteiger partial charge in [0.2, 0.25) is 0 Å². The van der Waals surface area contributed by atoms with E-state index in [9.17, 15) is 13.6 Å². The number of benzene rings is 1. The van der Waals surface area contributed by atoms with Gasteiger partial charge in [0.15, 0.2) is 0 Å². The maximum atomic E-state index is 12.9. The molecule has 1 aromatic rings. The average molecular weight is 225 g/mol. The Morgan fingerprint density at radius 2 is 1.88 bits per heavy atom. The molecule has 0 radical (unpaired) electrons. The predicted octanol–water partition coefficient (Wildman–Crippen LogP) is 1.09. The zero-order valence-electron chi connectivity index (χ0n) is 8.15. The lowest BCUT2D eigenvalue weighted by atomic mass is 9.92. The maximum absolute atomic E-state index is 12.9. The lowest BCUT2D eigenvalue weighted by Crippen LogP contribution is -2.36. The number of hydrogen-bond acceptors (Lipinski definition) is 2. The van der Waals surface area contributed by atoms with Crippen LogP contribution in [0.1, 0.15) is 11.5 Å². The predicted molar refractivity (Wildman–Crippen MR) is 53.5 cm³/mol. The van der Waals surface area contributed by atoms with E-state index in [-0.39, 0.29) is 5.56 Å². The number of carboxylic acid groups (broad SMARTS) is 1. The number of terminal acetylenes is 1. The summed E-state index contributed by atoms with van der Waals surface area (Å²) in [7, 11) is 0. The molecule has 0 fully saturated rings. The normalized spacial score (nSPS) is 13.9. The van der Waals surface area contributed by atoms with Crippen LogP contribution in [0.5, 0.6) is 0 Å². The fourth-order valence-electron chi connectivity index (χ4n) is 1.30. The van der Waals surface area contributed by atoms with E-state index in [1.165, 1.54) is 0 Å². The number of halogens is 2. The van der Waals surface area contributed by atoms with E-state index in [1.54, 1.807) is 0 Å². The van der Waals surface area contributed by atoms with Gasteiger partial charge in [-0.1, -0.05) is 5.92 Å². The number of nitrogens with two attached hydrogens (primary N) is 1. The third-order valence-corrected chi connectivity index (χ3v) is 2.07. The molecule has 0 aliphatic heterocycles. The molecule has 3 N–H and O–H groups in total. The molecule has 16 heavy (non-hydrogen) atoms. The molecule has 0 saturated carbocycles. The number of aliphatic carboxylic acids is 1. The first-order chi connectivity index (χ1) is 7.45. The highest BCUT2D eigenvalue weighted by Crippen LogP contribution is 2.20. The molecule has 0 aromatic heterocycles. The van der Waals surface area contributed by atoms with Crippen molar-refractivity contribution in [2.45, 2.75) is 12.0 Å². The van der Waals surface area contributed by atoms with Gasteiger partial charge < -0.3 is 10.8 Å². The SMILES string of the molecule is C#C[C@@H](c1cc(F)cc(F)c1)[C@H](N)C(=O)O. The molecule has 0 aliphatic rings. The summed E-state index contributed by atoms with van der Waals surface area (Å²) in [6, 6.07) is 1.21. The van der Waals surface area contributed by atoms with Gasteiger partial charge in [0, 0.05) is 6.07 Å². The van der Waals surface area contributed by atoms with Crippen LogP contribution in [0.25, 0.3) is 0 Å². The average Bonchev–Trinajstić information content (AvgIpc) is 2.16. The van der Waals surface area contributed by atoms with Crippen LogP contribution in [-0.2, 0) is 4.79 Å². The minimum Gasteiger partial charge on any atom is -0.480 e. The first kappa shape index (κ1) is 12.1. The molecule has 0 aliphatic carbocycles. The lowest BCUT2D eigenvalue weighted by molar-refractivity contribution is -0.138. The number of hydrogen-bond donors (Lipinski definition) is 2. The van der Waals surface area contributed by atoms with Crippen molar-refractivity contribution in [2.24, 2.45) is 5.73 Å². The zero-order chi connectivity index (χ0) is 12.3. The van der Waals surface area contributed by atoms with E-state index in [4.69, 9.17) is 17.3 Å². The van der Waals surface area contributed by atoms with Gasteiger partial charge in [0.1, 0.15) is 17.7 Å². The van der Waals surface area contributed by atoms with Crippen LogP contribution in [0.4, 0.5) is 8.78 Å². The second-order valence-electron chi connectivity index (χ2n) is 3.21. The molecule has 0 spiro atoms. The van der Waals surface area contributed by atoms with Crippen molar-refractivity contribution >= 4 is 5.97 Å². The molecular weight excluding hydrogens is 216 g/mol. The fraction of sp³-hybridized carbons (Fsp3) is 0.182. The summed E-state index contributed by atoms with van der Waals surface area (Å²) < 4.78 is 25.8. The van der Waals surface area contributed by atoms with E-state index in [2.05, 4.69) is 5.92 Å². The molecule has 0 amide bonds. The van der Waals surface area contributed by atoms with Gasteiger partial charge in [-0.25, -0.2) is 8.78 Å². The van der Waals surface area contributed by atoms with E-state index >= 15 is 0 Å². The summed E-state index contributed by atoms with van der Waals surface area (Å²) in [5, 5.41) is 8.68. The molecule has 84 valence electrons. The standard InChI is InChI=1S/C11H9F2NO2/c1-2-9(10(14)11(15)16)6-3-7(12)5-8(13)4-6/h1,3-5,9-10H,14H2,(H,15,16)/t9-,10-/m0/s1. The zero-order valence-corrected chi connectivity index (χ0v) is 8.15. The maximum Gasteiger partial charge on any atom is 0.322 e. The van der Waals surface area contributed by atoms with Crippen molar-refractivity contribution < 1.29 is 18.7 Å². The Morgan fingerprint density at radius 1 is 1.38 bits per heavy atom. The van der Waals surface area contributed by atoms with Crippen LogP contribution in [0, 0.1) is 24.0 Å². The molecule has 2 atom stereocenters. The third-order valence-electron chi connectivity index (χ3n) is 2.07. The quantitative estimate of drug-likeness (QED) is 0.757. The van der Waals surface area contributed by atoms with E-state index < -0.39 is 29.6 Å². The molecule has 0 saturated heterocycles. The van der Waals surface area contributed by atoms with Gasteiger partial charge in [-0.2, -0.15) is 0 Å². The van der Waals surface area contributed by atoms with Crippen LogP contribution in [0.15, 0.2) is 18.2 Å². The van der Waals surface area contributed by atoms with Gasteiger partial charge in [0.25, 0.3) is 0 Å². The van der Waals surface area contributed by atoms with Gasteiger partial charge in [-0.15, -0.1) is 6.42 Å². The van der Waals surface area contributed by atoms with Crippen molar-refractivity contribution in [1.82, 2.24) is 0 Å². The molecule has 0 unspecified atom stereocenters. The van der Waals surface area contributed by atoms with Gasteiger partial charge >= 0.3 is 5.97 Å². The summed E-state index contributed by atoms with van der Waals surface area (Å²) in [5.41, 5.74) is 5.35. The Balaban J connectivity index is 3.14. The highest BCUT2D eigenvalue weighted by atomic mass is 19.1. The van der Waals surface area contributed by atoms with E-state index in [0.717, 1.165) is 12.1 Å². The van der Waals surface area contributed by atoms with Crippen LogP contribution < -0.4 is 5.73 Å². The highest BCUT2D eigenvalue weighted by Gasteiger charge is 2.24. The summed E-state index contributed by atoms with van der Waals surface area (Å²) in [5.74, 6) is -1.93. The van der Waals surface area contributed by atoms with Gasteiger partial charge in [-0.05, 0) is 17.7 Å². The Morgan fingerprint density at radius 3 is 2.25 bits per heavy atom. The number of rotatable bonds is 3. The molecule has 0 heterocycles. The monoisotopic (exact) mass is 225 g/mol. The topological polar surface area (TPSA) is 63.3 Å². The molecular formula is C11H9F2NO2. The molecule has 5 heteroatoms. The Hall–Kier alpha value is -1.93. The Labute approximate surface area is 90.9 Å². The third kappa shape index (κ3) is 2.55. The first-order valence-corrected chi connectivity index (χ1v) is 4.36. The summed E-state index contributed by atoms with van der Waals surface area (Å²) in [4.78, 5) is 10.6. The van der Waals surface area contributed by atoms with Gasteiger partial charge in [0.05, 0.1) is 5.92 Å². The highest BCUT2D eigenvalue weighted by molar-refractivity contribution is 5.75. The van der Waals surface area contributed by atoms with Crippen molar-refractivity contribution in [1.29, 1.82) is 0 Å². The minimum absolute atomic E-state index is 0.0369. The largest absolute Gasteiger partial charge is 0.480 e. The van der Waals surface area contributed by atoms with Gasteiger partial charge in [-0.3, -0.25) is 4.79 Å². The molecule has 1 aromatic carbocycles. The van der Waals surface area contributed by atoms with Crippen LogP contribution in [0.3, 0.4) is 0 Å². The number of carbonyl (C=O) groups is 1. The summed E-state index contributed by atoms with van der Waals surface area (Å²) >= 11 is 0. The Bertz CT molecular complexity index is 434. The first-order valence-electron chi connectivity index (χ1n) is 4.36. The van der Waals surface area contributed by atoms with Crippen molar-refractivity contribution in [2.75, 3.05) is 0 Å². The second kappa shape index (κ2) is 4.73. The van der Waals surface area contributed by atoms with Crippen molar-refractivity contribution in [3.8, 4) is 12.3 Å². The number of carboxylic acids is 1. The molecule has 0 bridgehead atoms.